The molecule has 2 atom stereocenters. The SMILES string of the molecule is Cc1cccc(NC(=S)N2[C@H]3CCC[C@H]2CC(NC(=O)C(C)(C)C)C3)c1C. The molecule has 2 N–H and O–H groups in total. The quantitative estimate of drug-likeness (QED) is 0.731. The normalized spacial score (nSPS) is 25.1. The zero-order valence-corrected chi connectivity index (χ0v) is 18.1. The van der Waals surface area contributed by atoms with E-state index in [-0.39, 0.29) is 17.4 Å². The summed E-state index contributed by atoms with van der Waals surface area (Å²) in [5, 5.41) is 7.62. The highest BCUT2D eigenvalue weighted by Gasteiger charge is 2.40. The summed E-state index contributed by atoms with van der Waals surface area (Å²) in [6.07, 6.45) is 5.50. The van der Waals surface area contributed by atoms with Crippen LogP contribution in [0.3, 0.4) is 0 Å². The average Bonchev–Trinajstić information content (AvgIpc) is 2.57. The lowest BCUT2D eigenvalue weighted by Gasteiger charge is -2.50. The number of hydrogen-bond acceptors (Lipinski definition) is 2. The van der Waals surface area contributed by atoms with Crippen LogP contribution in [-0.2, 0) is 4.79 Å². The van der Waals surface area contributed by atoms with Crippen molar-refractivity contribution in [1.82, 2.24) is 10.2 Å². The number of nitrogens with one attached hydrogen (secondary N) is 2. The van der Waals surface area contributed by atoms with Gasteiger partial charge in [-0.1, -0.05) is 32.9 Å². The van der Waals surface area contributed by atoms with Gasteiger partial charge in [-0.15, -0.1) is 0 Å². The Morgan fingerprint density at radius 1 is 1.15 bits per heavy atom. The van der Waals surface area contributed by atoms with E-state index >= 15 is 0 Å². The van der Waals surface area contributed by atoms with Crippen LogP contribution in [0.4, 0.5) is 5.69 Å². The number of hydrogen-bond donors (Lipinski definition) is 2. The lowest BCUT2D eigenvalue weighted by molar-refractivity contribution is -0.129. The molecule has 4 nitrogen and oxygen atoms in total. The monoisotopic (exact) mass is 387 g/mol. The van der Waals surface area contributed by atoms with Gasteiger partial charge in [0.05, 0.1) is 0 Å². The molecular weight excluding hydrogens is 354 g/mol. The Balaban J connectivity index is 1.70. The first-order valence-corrected chi connectivity index (χ1v) is 10.5. The molecule has 2 fully saturated rings. The lowest BCUT2D eigenvalue weighted by atomic mass is 9.81. The first-order valence-electron chi connectivity index (χ1n) is 10.1. The van der Waals surface area contributed by atoms with Crippen LogP contribution in [0.1, 0.15) is 64.0 Å². The van der Waals surface area contributed by atoms with Gasteiger partial charge in [0, 0.05) is 29.2 Å². The maximum atomic E-state index is 12.4. The van der Waals surface area contributed by atoms with E-state index in [9.17, 15) is 4.79 Å². The van der Waals surface area contributed by atoms with Gasteiger partial charge in [-0.25, -0.2) is 0 Å². The van der Waals surface area contributed by atoms with Crippen molar-refractivity contribution in [1.29, 1.82) is 0 Å². The van der Waals surface area contributed by atoms with E-state index in [1.807, 2.05) is 20.8 Å². The molecule has 0 saturated carbocycles. The molecule has 1 aromatic carbocycles. The minimum atomic E-state index is -0.341. The number of aryl methyl sites for hydroxylation is 1. The predicted octanol–water partition coefficient (Wildman–Crippen LogP) is 4.55. The third kappa shape index (κ3) is 4.45. The zero-order chi connectivity index (χ0) is 19.8. The molecule has 2 aliphatic heterocycles. The van der Waals surface area contributed by atoms with Gasteiger partial charge in [0.15, 0.2) is 5.11 Å². The van der Waals surface area contributed by atoms with Gasteiger partial charge in [0.2, 0.25) is 5.91 Å². The van der Waals surface area contributed by atoms with Gasteiger partial charge in [-0.3, -0.25) is 4.79 Å². The molecule has 2 saturated heterocycles. The number of fused-ring (bicyclic) bond motifs is 2. The molecule has 0 unspecified atom stereocenters. The Labute approximate surface area is 169 Å². The Bertz CT molecular complexity index is 711. The van der Waals surface area contributed by atoms with Gasteiger partial charge < -0.3 is 15.5 Å². The second-order valence-corrected chi connectivity index (χ2v) is 9.60. The summed E-state index contributed by atoms with van der Waals surface area (Å²) in [7, 11) is 0. The third-order valence-corrected chi connectivity index (χ3v) is 6.38. The third-order valence-electron chi connectivity index (χ3n) is 6.07. The van der Waals surface area contributed by atoms with Gasteiger partial charge in [-0.2, -0.15) is 0 Å². The molecule has 2 bridgehead atoms. The summed E-state index contributed by atoms with van der Waals surface area (Å²) in [6, 6.07) is 7.37. The van der Waals surface area contributed by atoms with Crippen molar-refractivity contribution in [2.24, 2.45) is 5.41 Å². The largest absolute Gasteiger partial charge is 0.353 e. The van der Waals surface area contributed by atoms with Crippen molar-refractivity contribution < 1.29 is 4.79 Å². The first-order chi connectivity index (χ1) is 12.7. The predicted molar refractivity (Wildman–Crippen MR) is 116 cm³/mol. The lowest BCUT2D eigenvalue weighted by Crippen LogP contribution is -2.60. The highest BCUT2D eigenvalue weighted by molar-refractivity contribution is 7.80. The number of carbonyl (C=O) groups is 1. The van der Waals surface area contributed by atoms with Crippen molar-refractivity contribution in [2.45, 2.75) is 84.8 Å². The van der Waals surface area contributed by atoms with Crippen LogP contribution in [0.15, 0.2) is 18.2 Å². The fourth-order valence-electron chi connectivity index (χ4n) is 4.30. The summed E-state index contributed by atoms with van der Waals surface area (Å²) >= 11 is 5.83. The number of anilines is 1. The molecule has 148 valence electrons. The smallest absolute Gasteiger partial charge is 0.225 e. The topological polar surface area (TPSA) is 44.4 Å². The zero-order valence-electron chi connectivity index (χ0n) is 17.3. The van der Waals surface area contributed by atoms with Gasteiger partial charge in [0.1, 0.15) is 0 Å². The van der Waals surface area contributed by atoms with Crippen LogP contribution in [0.2, 0.25) is 0 Å². The molecule has 0 radical (unpaired) electrons. The van der Waals surface area contributed by atoms with Crippen molar-refractivity contribution in [2.75, 3.05) is 5.32 Å². The van der Waals surface area contributed by atoms with Gasteiger partial charge in [0.25, 0.3) is 0 Å². The second-order valence-electron chi connectivity index (χ2n) is 9.22. The molecular formula is C22H33N3OS. The van der Waals surface area contributed by atoms with Crippen LogP contribution < -0.4 is 10.6 Å². The molecule has 2 aliphatic rings. The fourth-order valence-corrected chi connectivity index (χ4v) is 4.71. The number of nitrogens with zero attached hydrogens (tertiary/aromatic N) is 1. The van der Waals surface area contributed by atoms with E-state index < -0.39 is 0 Å². The van der Waals surface area contributed by atoms with E-state index in [2.05, 4.69) is 47.6 Å². The average molecular weight is 388 g/mol. The van der Waals surface area contributed by atoms with Crippen LogP contribution in [0.5, 0.6) is 0 Å². The Hall–Kier alpha value is -1.62. The number of piperidine rings is 2. The van der Waals surface area contributed by atoms with Gasteiger partial charge >= 0.3 is 0 Å². The van der Waals surface area contributed by atoms with Crippen molar-refractivity contribution in [3.05, 3.63) is 29.3 Å². The highest BCUT2D eigenvalue weighted by Crippen LogP contribution is 2.35. The number of thiocarbonyl (C=S) groups is 1. The minimum Gasteiger partial charge on any atom is -0.353 e. The minimum absolute atomic E-state index is 0.148. The van der Waals surface area contributed by atoms with Crippen LogP contribution in [0.25, 0.3) is 0 Å². The summed E-state index contributed by atoms with van der Waals surface area (Å²) in [5.41, 5.74) is 3.27. The second kappa shape index (κ2) is 7.78. The molecule has 5 heteroatoms. The van der Waals surface area contributed by atoms with E-state index in [0.717, 1.165) is 36.5 Å². The van der Waals surface area contributed by atoms with Gasteiger partial charge in [-0.05, 0) is 75.4 Å². The molecule has 3 rings (SSSR count). The van der Waals surface area contributed by atoms with E-state index in [1.165, 1.54) is 17.5 Å². The van der Waals surface area contributed by atoms with Crippen molar-refractivity contribution in [3.8, 4) is 0 Å². The maximum Gasteiger partial charge on any atom is 0.225 e. The fraction of sp³-hybridized carbons (Fsp3) is 0.636. The number of amides is 1. The Kier molecular flexibility index (Phi) is 5.80. The summed E-state index contributed by atoms with van der Waals surface area (Å²) in [5.74, 6) is 0.148. The standard InChI is InChI=1S/C22H33N3OS/c1-14-8-6-11-19(15(14)2)24-21(27)25-17-9-7-10-18(25)13-16(12-17)23-20(26)22(3,4)5/h6,8,11,16-18H,7,9-10,12-13H2,1-5H3,(H,23,26)(H,24,27)/t17-,18-/m0/s1. The summed E-state index contributed by atoms with van der Waals surface area (Å²) in [6.45, 7) is 10.2. The molecule has 0 aromatic heterocycles. The van der Waals surface area contributed by atoms with Crippen molar-refractivity contribution in [3.63, 3.8) is 0 Å². The molecule has 1 amide bonds. The highest BCUT2D eigenvalue weighted by atomic mass is 32.1. The molecule has 1 aromatic rings. The van der Waals surface area contributed by atoms with E-state index in [4.69, 9.17) is 12.2 Å². The van der Waals surface area contributed by atoms with Crippen LogP contribution in [-0.4, -0.2) is 34.0 Å². The number of rotatable bonds is 2. The molecule has 0 spiro atoms. The molecule has 27 heavy (non-hydrogen) atoms. The van der Waals surface area contributed by atoms with Crippen LogP contribution in [0, 0.1) is 19.3 Å². The first kappa shape index (κ1) is 20.1. The Morgan fingerprint density at radius 3 is 2.37 bits per heavy atom. The maximum absolute atomic E-state index is 12.4. The van der Waals surface area contributed by atoms with Crippen LogP contribution >= 0.6 is 12.2 Å². The molecule has 0 aliphatic carbocycles. The van der Waals surface area contributed by atoms with E-state index in [0.29, 0.717) is 12.1 Å². The van der Waals surface area contributed by atoms with Crippen molar-refractivity contribution >= 4 is 28.9 Å². The molecule has 2 heterocycles. The summed E-state index contributed by atoms with van der Waals surface area (Å²) < 4.78 is 0. The number of benzene rings is 1. The summed E-state index contributed by atoms with van der Waals surface area (Å²) in [4.78, 5) is 14.8. The number of carbonyl (C=O) groups excluding carboxylic acids is 1. The van der Waals surface area contributed by atoms with E-state index in [1.54, 1.807) is 0 Å². The Morgan fingerprint density at radius 2 is 1.78 bits per heavy atom.